The van der Waals surface area contributed by atoms with Crippen molar-refractivity contribution in [1.29, 1.82) is 0 Å². The lowest BCUT2D eigenvalue weighted by molar-refractivity contribution is -0.182. The summed E-state index contributed by atoms with van der Waals surface area (Å²) in [6, 6.07) is -7.59. The third kappa shape index (κ3) is 23.7. The van der Waals surface area contributed by atoms with Crippen molar-refractivity contribution < 1.29 is 75.8 Å². The minimum atomic E-state index is -4.53. The summed E-state index contributed by atoms with van der Waals surface area (Å²) < 4.78 is 42.2. The van der Waals surface area contributed by atoms with E-state index in [0.717, 1.165) is 77.4 Å². The molecular weight excluding hydrogens is 1370 g/mol. The maximum atomic E-state index is 15.9. The number of aliphatic hydroxyl groups is 1. The van der Waals surface area contributed by atoms with Crippen LogP contribution in [0.15, 0.2) is 12.2 Å². The first kappa shape index (κ1) is 86.3. The van der Waals surface area contributed by atoms with E-state index in [0.29, 0.717) is 58.0 Å². The van der Waals surface area contributed by atoms with Crippen LogP contribution in [0.2, 0.25) is 0 Å². The van der Waals surface area contributed by atoms with Crippen molar-refractivity contribution >= 4 is 82.5 Å². The molecule has 3 unspecified atom stereocenters. The van der Waals surface area contributed by atoms with Gasteiger partial charge < -0.3 is 65.2 Å². The average Bonchev–Trinajstić information content (AvgIpc) is 1.44. The summed E-state index contributed by atoms with van der Waals surface area (Å²) in [5, 5.41) is 17.2. The van der Waals surface area contributed by atoms with Crippen LogP contribution in [0.1, 0.15) is 201 Å². The normalized spacial score (nSPS) is 28.3. The number of aliphatic hydroxyl groups excluding tert-OH is 1. The van der Waals surface area contributed by atoms with Crippen molar-refractivity contribution in [3.63, 3.8) is 0 Å². The molecule has 4 aliphatic carbocycles. The lowest BCUT2D eigenvalue weighted by Gasteiger charge is -2.43. The van der Waals surface area contributed by atoms with E-state index < -0.39 is 181 Å². The number of hydrogen-bond donors (Lipinski definition) is 4. The number of amides is 12. The third-order valence-corrected chi connectivity index (χ3v) is 23.5. The largest absolute Gasteiger partial charge is 0.396 e. The Morgan fingerprint density at radius 2 is 1.21 bits per heavy atom. The molecule has 4 N–H and O–H groups in total. The minimum absolute atomic E-state index is 0.00975. The van der Waals surface area contributed by atoms with Crippen LogP contribution in [-0.2, 0) is 57.5 Å². The van der Waals surface area contributed by atoms with Gasteiger partial charge in [0.2, 0.25) is 70.9 Å². The second-order valence-electron chi connectivity index (χ2n) is 31.3. The lowest BCUT2D eigenvalue weighted by atomic mass is 9.78. The summed E-state index contributed by atoms with van der Waals surface area (Å²) >= 11 is 6.42. The zero-order valence-electron chi connectivity index (χ0n) is 63.8. The molecule has 4 saturated carbocycles. The number of carbonyl (C=O) groups is 12. The molecule has 0 aromatic heterocycles. The number of alkyl halides is 4. The van der Waals surface area contributed by atoms with Crippen LogP contribution in [-0.4, -0.2) is 275 Å². The van der Waals surface area contributed by atoms with Gasteiger partial charge >= 0.3 is 6.18 Å². The van der Waals surface area contributed by atoms with Crippen molar-refractivity contribution in [2.75, 3.05) is 102 Å². The molecule has 0 aromatic carbocycles. The second-order valence-corrected chi connectivity index (χ2v) is 31.9. The second kappa shape index (κ2) is 40.4. The molecule has 104 heavy (non-hydrogen) atoms. The Balaban J connectivity index is 1.45. The van der Waals surface area contributed by atoms with E-state index in [9.17, 15) is 47.0 Å². The molecule has 10 atom stereocenters. The summed E-state index contributed by atoms with van der Waals surface area (Å²) in [6.07, 6.45) is 9.98. The quantitative estimate of drug-likeness (QED) is 0.104. The van der Waals surface area contributed by atoms with Crippen LogP contribution >= 0.6 is 11.6 Å². The van der Waals surface area contributed by atoms with Crippen molar-refractivity contribution in [2.24, 2.45) is 35.5 Å². The van der Waals surface area contributed by atoms with Gasteiger partial charge in [-0.05, 0) is 126 Å². The summed E-state index contributed by atoms with van der Waals surface area (Å²) in [7, 11) is 9.99. The standard InChI is InChI=1S/C75H122ClF3N12O13/c1-12-50(4)65-71(102)85(7)47-63(96)83(5)48-64(97)87(9)58(43-51-27-17-13-18-28-51)69(100)84(6)45-60(93)80-56(34-32-52-31-33-54(55(76)42-52)75(77,78)79)68(99)91(39-25-16-26-40-92)46-61(94)82-74(35-21-22-36-74)73(104)89(11)66(53-29-19-14-20-30-53)72(103)88(10)59(70(101)90-37-23-15-24-38-90)44-62(95)86(8)57(41-49(2)3)67(98)81-65/h16,25,49-59,65-66,92H,12-15,17-24,26-48H2,1-11H3,(H,80,93)(H,81,98)(H,82,94)/b25-16+/t50-,52?,54?,55?,56-,57-,58-,59-,65-,66-/m0/s1. The van der Waals surface area contributed by atoms with Gasteiger partial charge in [0.15, 0.2) is 0 Å². The van der Waals surface area contributed by atoms with Gasteiger partial charge in [0, 0.05) is 81.0 Å². The monoisotopic (exact) mass is 1490 g/mol. The Hall–Kier alpha value is -6.58. The van der Waals surface area contributed by atoms with E-state index in [1.54, 1.807) is 24.0 Å². The minimum Gasteiger partial charge on any atom is -0.396 e. The smallest absolute Gasteiger partial charge is 0.393 e. The van der Waals surface area contributed by atoms with Crippen LogP contribution in [0.4, 0.5) is 13.2 Å². The van der Waals surface area contributed by atoms with E-state index in [4.69, 9.17) is 11.6 Å². The number of likely N-dealkylation sites (N-methyl/N-ethyl adjacent to an activating group) is 7. The summed E-state index contributed by atoms with van der Waals surface area (Å²) in [5.41, 5.74) is -1.61. The van der Waals surface area contributed by atoms with Crippen molar-refractivity contribution in [2.45, 2.75) is 254 Å². The molecule has 2 aliphatic heterocycles. The molecule has 6 fully saturated rings. The van der Waals surface area contributed by atoms with Crippen LogP contribution < -0.4 is 16.0 Å². The van der Waals surface area contributed by atoms with E-state index in [-0.39, 0.29) is 89.2 Å². The molecule has 0 bridgehead atoms. The third-order valence-electron chi connectivity index (χ3n) is 23.1. The molecule has 6 aliphatic rings. The van der Waals surface area contributed by atoms with Gasteiger partial charge in [-0.15, -0.1) is 11.6 Å². The predicted octanol–water partition coefficient (Wildman–Crippen LogP) is 6.26. The Labute approximate surface area is 619 Å². The summed E-state index contributed by atoms with van der Waals surface area (Å²) in [6.45, 7) is 5.19. The van der Waals surface area contributed by atoms with E-state index in [1.165, 1.54) is 68.9 Å². The van der Waals surface area contributed by atoms with Crippen molar-refractivity contribution in [3.8, 4) is 0 Å². The SMILES string of the molecule is CC[C@H](C)[C@@H]1NC(=O)[C@H](CC(C)C)N(C)C(=O)C[C@@H](C(=O)N2CCCCC2)N(C)C(=O)[C@H](C2CCCCC2)N(C)C(=O)C2(CCCC2)NC(=O)CN(C/C=C/CCO)C(=O)[C@H](CCC2CCC(C(F)(F)F)C(Cl)C2)NC(=O)CN(C)C(=O)[C@H](CC2CCCCC2)N(C)C(=O)CN(C)C(=O)CN(C)C1=O. The number of hydrogen-bond acceptors (Lipinski definition) is 13. The molecule has 0 radical (unpaired) electrons. The number of rotatable bonds is 15. The van der Waals surface area contributed by atoms with E-state index >= 15 is 28.8 Å². The topological polar surface area (TPSA) is 290 Å². The Morgan fingerprint density at radius 1 is 0.615 bits per heavy atom. The zero-order valence-corrected chi connectivity index (χ0v) is 64.5. The van der Waals surface area contributed by atoms with Gasteiger partial charge in [-0.1, -0.05) is 110 Å². The number of nitrogens with zero attached hydrogens (tertiary/aromatic N) is 9. The molecular formula is C75H122ClF3N12O13. The fraction of sp³-hybridized carbons (Fsp3) is 0.813. The maximum absolute atomic E-state index is 15.9. The molecule has 25 nitrogen and oxygen atoms in total. The number of nitrogens with one attached hydrogen (secondary N) is 3. The molecule has 588 valence electrons. The van der Waals surface area contributed by atoms with Gasteiger partial charge in [0.25, 0.3) is 0 Å². The number of piperidine rings is 1. The Bertz CT molecular complexity index is 2970. The van der Waals surface area contributed by atoms with Gasteiger partial charge in [-0.3, -0.25) is 57.5 Å². The van der Waals surface area contributed by atoms with E-state index in [2.05, 4.69) is 16.0 Å². The fourth-order valence-corrected chi connectivity index (χ4v) is 16.8. The first-order valence-corrected chi connectivity index (χ1v) is 38.8. The molecule has 0 aromatic rings. The Kier molecular flexibility index (Phi) is 33.5. The number of carbonyl (C=O) groups excluding carboxylic acids is 12. The molecule has 12 amide bonds. The molecule has 2 heterocycles. The highest BCUT2D eigenvalue weighted by molar-refractivity contribution is 6.21. The highest BCUT2D eigenvalue weighted by atomic mass is 35.5. The summed E-state index contributed by atoms with van der Waals surface area (Å²) in [5.74, 6) is -11.2. The number of likely N-dealkylation sites (tertiary alicyclic amines) is 1. The average molecular weight is 1490 g/mol. The van der Waals surface area contributed by atoms with Crippen molar-refractivity contribution in [3.05, 3.63) is 12.2 Å². The molecule has 6 rings (SSSR count). The molecule has 1 spiro atoms. The van der Waals surface area contributed by atoms with Crippen LogP contribution in [0.25, 0.3) is 0 Å². The number of halogens is 4. The zero-order chi connectivity index (χ0) is 76.9. The van der Waals surface area contributed by atoms with Gasteiger partial charge in [0.1, 0.15) is 41.8 Å². The van der Waals surface area contributed by atoms with Gasteiger partial charge in [-0.25, -0.2) is 0 Å². The van der Waals surface area contributed by atoms with Gasteiger partial charge in [0.05, 0.1) is 38.5 Å². The Morgan fingerprint density at radius 3 is 1.81 bits per heavy atom. The van der Waals surface area contributed by atoms with Gasteiger partial charge in [-0.2, -0.15) is 13.2 Å². The first-order chi connectivity index (χ1) is 49.1. The van der Waals surface area contributed by atoms with Crippen molar-refractivity contribution in [1.82, 2.24) is 60.0 Å². The highest BCUT2D eigenvalue weighted by Gasteiger charge is 2.51. The van der Waals surface area contributed by atoms with Crippen LogP contribution in [0, 0.1) is 35.5 Å². The molecule has 2 saturated heterocycles. The predicted molar refractivity (Wildman–Crippen MR) is 387 cm³/mol. The van der Waals surface area contributed by atoms with E-state index in [1.807, 2.05) is 20.8 Å². The van der Waals surface area contributed by atoms with Crippen LogP contribution in [0.5, 0.6) is 0 Å². The molecule has 29 heteroatoms. The summed E-state index contributed by atoms with van der Waals surface area (Å²) in [4.78, 5) is 191. The maximum Gasteiger partial charge on any atom is 0.393 e. The van der Waals surface area contributed by atoms with Crippen LogP contribution in [0.3, 0.4) is 0 Å². The fourth-order valence-electron chi connectivity index (χ4n) is 16.3. The first-order valence-electron chi connectivity index (χ1n) is 38.4. The highest BCUT2D eigenvalue weighted by Crippen LogP contribution is 2.44. The lowest BCUT2D eigenvalue weighted by Crippen LogP contribution is -2.64.